The molecule has 2 amide bonds. The summed E-state index contributed by atoms with van der Waals surface area (Å²) in [5.41, 5.74) is 3.99. The first kappa shape index (κ1) is 39.4. The quantitative estimate of drug-likeness (QED) is 0.232. The van der Waals surface area contributed by atoms with Gasteiger partial charge < -0.3 is 24.8 Å². The van der Waals surface area contributed by atoms with Crippen molar-refractivity contribution in [2.75, 3.05) is 59.7 Å². The van der Waals surface area contributed by atoms with E-state index in [0.29, 0.717) is 60.4 Å². The third-order valence-electron chi connectivity index (χ3n) is 18.4. The van der Waals surface area contributed by atoms with Crippen LogP contribution in [-0.2, 0) is 9.47 Å². The van der Waals surface area contributed by atoms with Gasteiger partial charge in [0, 0.05) is 45.4 Å². The van der Waals surface area contributed by atoms with Crippen LogP contribution in [0.3, 0.4) is 0 Å². The van der Waals surface area contributed by atoms with Gasteiger partial charge in [0.1, 0.15) is 0 Å². The van der Waals surface area contributed by atoms with Crippen LogP contribution in [0.2, 0.25) is 0 Å². The summed E-state index contributed by atoms with van der Waals surface area (Å²) in [4.78, 5) is 30.5. The molecule has 6 fully saturated rings. The van der Waals surface area contributed by atoms with Crippen LogP contribution in [0.4, 0.5) is 4.79 Å². The standard InChI is InChI=1S/C47H71N3O5/c1-42(2)34(32-8-10-33(11-9-32)40(51)52)14-17-44(4)37(42)16-18-46(6)38(44)13-12-36-39-35(43(3)20-21-43)15-19-47(39,23-22-45(36,46)5)48-41(53)50-26-24-49(25-27-50)28-29-55-31-30-54-7/h8-11,14,35-39H,12-13,15-31H2,1-7H3,(H,48,53)(H,51,52)/t35-,36-,37+,38-,39-,44+,45-,46-,47+/m1/s1. The molecule has 7 aliphatic rings. The average Bonchev–Trinajstić information content (AvgIpc) is 3.78. The number of amides is 2. The zero-order chi connectivity index (χ0) is 39.0. The van der Waals surface area contributed by atoms with E-state index in [0.717, 1.165) is 52.0 Å². The van der Waals surface area contributed by atoms with Gasteiger partial charge in [0.05, 0.1) is 25.4 Å². The molecule has 0 aromatic heterocycles. The number of carbonyl (C=O) groups is 2. The number of carbonyl (C=O) groups excluding carboxylic acids is 1. The fourth-order valence-electron chi connectivity index (χ4n) is 15.0. The highest BCUT2D eigenvalue weighted by Crippen LogP contribution is 2.78. The van der Waals surface area contributed by atoms with Gasteiger partial charge >= 0.3 is 12.0 Å². The smallest absolute Gasteiger partial charge is 0.335 e. The molecule has 5 saturated carbocycles. The van der Waals surface area contributed by atoms with Crippen LogP contribution in [0.25, 0.3) is 5.57 Å². The maximum absolute atomic E-state index is 14.3. The third-order valence-corrected chi connectivity index (χ3v) is 18.4. The lowest BCUT2D eigenvalue weighted by molar-refractivity contribution is -0.221. The Bertz CT molecular complexity index is 1650. The first-order valence-electron chi connectivity index (χ1n) is 22.0. The number of hydrogen-bond acceptors (Lipinski definition) is 5. The number of ether oxygens (including phenoxy) is 2. The number of hydrogen-bond donors (Lipinski definition) is 2. The number of nitrogens with zero attached hydrogens (tertiary/aromatic N) is 2. The molecule has 0 radical (unpaired) electrons. The highest BCUT2D eigenvalue weighted by Gasteiger charge is 2.72. The van der Waals surface area contributed by atoms with Crippen molar-refractivity contribution in [3.63, 3.8) is 0 Å². The van der Waals surface area contributed by atoms with Crippen molar-refractivity contribution in [1.29, 1.82) is 0 Å². The normalized spacial score (nSPS) is 40.2. The van der Waals surface area contributed by atoms with Gasteiger partial charge in [-0.1, -0.05) is 59.8 Å². The molecule has 0 unspecified atom stereocenters. The first-order valence-corrected chi connectivity index (χ1v) is 22.0. The summed E-state index contributed by atoms with van der Waals surface area (Å²) in [6.07, 6.45) is 16.2. The van der Waals surface area contributed by atoms with E-state index in [2.05, 4.69) is 62.7 Å². The van der Waals surface area contributed by atoms with Crippen LogP contribution < -0.4 is 5.32 Å². The lowest BCUT2D eigenvalue weighted by Crippen LogP contribution is -2.69. The van der Waals surface area contributed by atoms with E-state index in [1.807, 2.05) is 12.1 Å². The average molecular weight is 758 g/mol. The van der Waals surface area contributed by atoms with Crippen LogP contribution in [0.5, 0.6) is 0 Å². The number of piperazine rings is 1. The highest BCUT2D eigenvalue weighted by atomic mass is 16.5. The van der Waals surface area contributed by atoms with Gasteiger partial charge in [0.15, 0.2) is 0 Å². The van der Waals surface area contributed by atoms with Gasteiger partial charge in [0.25, 0.3) is 0 Å². The number of carboxylic acids is 1. The van der Waals surface area contributed by atoms with Crippen LogP contribution in [0.1, 0.15) is 128 Å². The molecule has 8 rings (SSSR count). The number of urea groups is 1. The van der Waals surface area contributed by atoms with Crippen molar-refractivity contribution in [3.8, 4) is 0 Å². The molecule has 9 atom stereocenters. The summed E-state index contributed by atoms with van der Waals surface area (Å²) in [6, 6.07) is 7.80. The number of methoxy groups -OCH3 is 1. The minimum Gasteiger partial charge on any atom is -0.478 e. The van der Waals surface area contributed by atoms with Crippen molar-refractivity contribution in [1.82, 2.24) is 15.1 Å². The van der Waals surface area contributed by atoms with E-state index in [1.165, 1.54) is 62.5 Å². The summed E-state index contributed by atoms with van der Waals surface area (Å²) in [5.74, 6) is 2.26. The van der Waals surface area contributed by atoms with Gasteiger partial charge in [0.2, 0.25) is 0 Å². The number of carboxylic acid groups (broad SMARTS) is 1. The predicted molar refractivity (Wildman–Crippen MR) is 218 cm³/mol. The SMILES string of the molecule is COCCOCCN1CCN(C(=O)N[C@]23CC[C@@H](C4(C)CC4)[C@@H]2[C@H]2CC[C@@H]4[C@@]5(C)CC=C(c6ccc(C(=O)O)cc6)C(C)(C)[C@@H]5CC[C@@]4(C)[C@]2(C)CC3)CC1. The molecule has 1 saturated heterocycles. The van der Waals surface area contributed by atoms with E-state index < -0.39 is 5.97 Å². The minimum atomic E-state index is -0.866. The highest BCUT2D eigenvalue weighted by molar-refractivity contribution is 5.88. The molecular weight excluding hydrogens is 687 g/mol. The summed E-state index contributed by atoms with van der Waals surface area (Å²) in [6.45, 7) is 21.9. The van der Waals surface area contributed by atoms with E-state index in [9.17, 15) is 14.7 Å². The lowest BCUT2D eigenvalue weighted by atomic mass is 9.32. The van der Waals surface area contributed by atoms with Gasteiger partial charge in [-0.15, -0.1) is 0 Å². The minimum absolute atomic E-state index is 0.00323. The number of allylic oxidation sites excluding steroid dienone is 2. The molecule has 304 valence electrons. The third kappa shape index (κ3) is 6.33. The molecule has 1 aromatic carbocycles. The fourth-order valence-corrected chi connectivity index (χ4v) is 15.0. The van der Waals surface area contributed by atoms with Crippen LogP contribution >= 0.6 is 0 Å². The molecule has 8 nitrogen and oxygen atoms in total. The van der Waals surface area contributed by atoms with Gasteiger partial charge in [-0.25, -0.2) is 9.59 Å². The molecule has 6 aliphatic carbocycles. The van der Waals surface area contributed by atoms with E-state index in [-0.39, 0.29) is 33.2 Å². The Kier molecular flexibility index (Phi) is 10.1. The van der Waals surface area contributed by atoms with Gasteiger partial charge in [-0.2, -0.15) is 0 Å². The second-order valence-corrected chi connectivity index (χ2v) is 20.9. The van der Waals surface area contributed by atoms with Crippen LogP contribution in [0, 0.1) is 56.7 Å². The lowest BCUT2D eigenvalue weighted by Gasteiger charge is -2.72. The summed E-state index contributed by atoms with van der Waals surface area (Å²) < 4.78 is 10.8. The Labute approximate surface area is 331 Å². The number of fused-ring (bicyclic) bond motifs is 7. The fraction of sp³-hybridized carbons (Fsp3) is 0.787. The van der Waals surface area contributed by atoms with Gasteiger partial charge in [-0.05, 0) is 151 Å². The number of nitrogens with one attached hydrogen (secondary N) is 1. The molecule has 1 aliphatic heterocycles. The zero-order valence-corrected chi connectivity index (χ0v) is 35.2. The Morgan fingerprint density at radius 3 is 2.18 bits per heavy atom. The summed E-state index contributed by atoms with van der Waals surface area (Å²) >= 11 is 0. The van der Waals surface area contributed by atoms with E-state index in [4.69, 9.17) is 9.47 Å². The molecule has 1 heterocycles. The molecule has 1 aromatic rings. The second kappa shape index (κ2) is 14.1. The topological polar surface area (TPSA) is 91.3 Å². The Balaban J connectivity index is 1.02. The summed E-state index contributed by atoms with van der Waals surface area (Å²) in [5, 5.41) is 13.4. The van der Waals surface area contributed by atoms with Crippen molar-refractivity contribution in [2.45, 2.75) is 118 Å². The zero-order valence-electron chi connectivity index (χ0n) is 35.2. The largest absolute Gasteiger partial charge is 0.478 e. The number of rotatable bonds is 10. The molecule has 8 heteroatoms. The molecule has 55 heavy (non-hydrogen) atoms. The second-order valence-electron chi connectivity index (χ2n) is 20.9. The Hall–Kier alpha value is -2.42. The van der Waals surface area contributed by atoms with Crippen molar-refractivity contribution in [3.05, 3.63) is 41.5 Å². The van der Waals surface area contributed by atoms with Crippen molar-refractivity contribution < 1.29 is 24.2 Å². The van der Waals surface area contributed by atoms with E-state index in [1.54, 1.807) is 19.2 Å². The molecule has 0 bridgehead atoms. The maximum atomic E-state index is 14.3. The van der Waals surface area contributed by atoms with Crippen molar-refractivity contribution >= 4 is 17.6 Å². The predicted octanol–water partition coefficient (Wildman–Crippen LogP) is 9.00. The monoisotopic (exact) mass is 758 g/mol. The van der Waals surface area contributed by atoms with Crippen molar-refractivity contribution in [2.24, 2.45) is 56.7 Å². The molecule has 0 spiro atoms. The number of aromatic carboxylic acids is 1. The molecule has 2 N–H and O–H groups in total. The Morgan fingerprint density at radius 1 is 0.782 bits per heavy atom. The van der Waals surface area contributed by atoms with Gasteiger partial charge in [-0.3, -0.25) is 4.90 Å². The maximum Gasteiger partial charge on any atom is 0.335 e. The first-order chi connectivity index (χ1) is 26.1. The van der Waals surface area contributed by atoms with Crippen LogP contribution in [0.15, 0.2) is 30.3 Å². The number of benzene rings is 1. The molecular formula is C47H71N3O5. The van der Waals surface area contributed by atoms with Crippen LogP contribution in [-0.4, -0.2) is 92.1 Å². The van der Waals surface area contributed by atoms with E-state index >= 15 is 0 Å². The summed E-state index contributed by atoms with van der Waals surface area (Å²) in [7, 11) is 1.70. The Morgan fingerprint density at radius 2 is 1.51 bits per heavy atom.